The molecule has 4 nitrogen and oxygen atoms in total. The third kappa shape index (κ3) is 3.67. The van der Waals surface area contributed by atoms with Crippen LogP contribution in [0.3, 0.4) is 0 Å². The maximum Gasteiger partial charge on any atom is 0.0613 e. The van der Waals surface area contributed by atoms with Crippen LogP contribution in [0.25, 0.3) is 0 Å². The summed E-state index contributed by atoms with van der Waals surface area (Å²) < 4.78 is 5.15. The summed E-state index contributed by atoms with van der Waals surface area (Å²) in [5.74, 6) is 0. The summed E-state index contributed by atoms with van der Waals surface area (Å²) in [7, 11) is 3.93. The van der Waals surface area contributed by atoms with Crippen LogP contribution in [0, 0.1) is 0 Å². The summed E-state index contributed by atoms with van der Waals surface area (Å²) in [6.07, 6.45) is 7.21. The molecule has 0 aromatic carbocycles. The Morgan fingerprint density at radius 2 is 2.17 bits per heavy atom. The molecule has 0 aromatic heterocycles. The SMILES string of the molecule is COCCN(C)C1CCCC(CO)(NC2CC2)C1. The van der Waals surface area contributed by atoms with E-state index >= 15 is 0 Å². The van der Waals surface area contributed by atoms with Gasteiger partial charge in [-0.3, -0.25) is 0 Å². The van der Waals surface area contributed by atoms with E-state index in [0.717, 1.165) is 26.0 Å². The van der Waals surface area contributed by atoms with Crippen molar-refractivity contribution in [2.75, 3.05) is 33.9 Å². The highest BCUT2D eigenvalue weighted by atomic mass is 16.5. The van der Waals surface area contributed by atoms with E-state index in [1.54, 1.807) is 7.11 Å². The van der Waals surface area contributed by atoms with Gasteiger partial charge in [0.1, 0.15) is 0 Å². The Morgan fingerprint density at radius 3 is 2.78 bits per heavy atom. The average molecular weight is 256 g/mol. The highest BCUT2D eigenvalue weighted by Gasteiger charge is 2.40. The summed E-state index contributed by atoms with van der Waals surface area (Å²) in [5.41, 5.74) is -0.0224. The predicted molar refractivity (Wildman–Crippen MR) is 72.7 cm³/mol. The Balaban J connectivity index is 1.88. The van der Waals surface area contributed by atoms with E-state index < -0.39 is 0 Å². The van der Waals surface area contributed by atoms with Crippen molar-refractivity contribution in [3.63, 3.8) is 0 Å². The van der Waals surface area contributed by atoms with Crippen molar-refractivity contribution < 1.29 is 9.84 Å². The number of methoxy groups -OCH3 is 1. The second kappa shape index (κ2) is 6.33. The molecule has 2 rings (SSSR count). The van der Waals surface area contributed by atoms with Crippen LogP contribution in [0.15, 0.2) is 0 Å². The van der Waals surface area contributed by atoms with Gasteiger partial charge in [-0.25, -0.2) is 0 Å². The van der Waals surface area contributed by atoms with E-state index in [0.29, 0.717) is 12.1 Å². The van der Waals surface area contributed by atoms with Gasteiger partial charge >= 0.3 is 0 Å². The van der Waals surface area contributed by atoms with Gasteiger partial charge in [0.05, 0.1) is 13.2 Å². The van der Waals surface area contributed by atoms with Crippen LogP contribution in [0.4, 0.5) is 0 Å². The van der Waals surface area contributed by atoms with Crippen LogP contribution >= 0.6 is 0 Å². The van der Waals surface area contributed by atoms with Crippen LogP contribution < -0.4 is 5.32 Å². The fourth-order valence-electron chi connectivity index (χ4n) is 3.11. The van der Waals surface area contributed by atoms with E-state index in [2.05, 4.69) is 17.3 Å². The summed E-state index contributed by atoms with van der Waals surface area (Å²) in [5, 5.41) is 13.5. The first-order valence-corrected chi connectivity index (χ1v) is 7.27. The number of aliphatic hydroxyl groups is 1. The number of rotatable bonds is 7. The lowest BCUT2D eigenvalue weighted by Crippen LogP contribution is -2.56. The first kappa shape index (κ1) is 14.3. The zero-order valence-corrected chi connectivity index (χ0v) is 11.8. The Morgan fingerprint density at radius 1 is 1.39 bits per heavy atom. The van der Waals surface area contributed by atoms with E-state index in [-0.39, 0.29) is 12.1 Å². The molecule has 0 aliphatic heterocycles. The zero-order valence-electron chi connectivity index (χ0n) is 11.8. The lowest BCUT2D eigenvalue weighted by molar-refractivity contribution is 0.0568. The standard InChI is InChI=1S/C14H28N2O2/c1-16(8-9-18-2)13-4-3-7-14(10-13,11-17)15-12-5-6-12/h12-13,15,17H,3-11H2,1-2H3. The average Bonchev–Trinajstić information content (AvgIpc) is 3.20. The minimum Gasteiger partial charge on any atom is -0.394 e. The van der Waals surface area contributed by atoms with Crippen LogP contribution in [0.5, 0.6) is 0 Å². The normalized spacial score (nSPS) is 33.0. The number of hydrogen-bond donors (Lipinski definition) is 2. The van der Waals surface area contributed by atoms with Crippen molar-refractivity contribution in [2.45, 2.75) is 56.1 Å². The topological polar surface area (TPSA) is 44.7 Å². The van der Waals surface area contributed by atoms with Gasteiger partial charge in [-0.1, -0.05) is 0 Å². The molecule has 4 heteroatoms. The van der Waals surface area contributed by atoms with Crippen LogP contribution in [0.2, 0.25) is 0 Å². The maximum absolute atomic E-state index is 9.79. The van der Waals surface area contributed by atoms with Gasteiger partial charge in [0.2, 0.25) is 0 Å². The first-order chi connectivity index (χ1) is 8.69. The summed E-state index contributed by atoms with van der Waals surface area (Å²) >= 11 is 0. The van der Waals surface area contributed by atoms with Crippen molar-refractivity contribution >= 4 is 0 Å². The number of likely N-dealkylation sites (N-methyl/N-ethyl adjacent to an activating group) is 1. The quantitative estimate of drug-likeness (QED) is 0.713. The molecular weight excluding hydrogens is 228 g/mol. The third-order valence-corrected chi connectivity index (χ3v) is 4.48. The number of ether oxygens (including phenoxy) is 1. The maximum atomic E-state index is 9.79. The molecule has 0 heterocycles. The first-order valence-electron chi connectivity index (χ1n) is 7.27. The molecule has 2 fully saturated rings. The van der Waals surface area contributed by atoms with E-state index in [9.17, 15) is 5.11 Å². The molecule has 0 amide bonds. The third-order valence-electron chi connectivity index (χ3n) is 4.48. The second-order valence-corrected chi connectivity index (χ2v) is 6.08. The van der Waals surface area contributed by atoms with Crippen molar-refractivity contribution in [1.82, 2.24) is 10.2 Å². The van der Waals surface area contributed by atoms with E-state index in [1.807, 2.05) is 0 Å². The minimum absolute atomic E-state index is 0.0224. The smallest absolute Gasteiger partial charge is 0.0613 e. The van der Waals surface area contributed by atoms with Crippen LogP contribution in [-0.2, 0) is 4.74 Å². The van der Waals surface area contributed by atoms with E-state index in [4.69, 9.17) is 4.74 Å². The van der Waals surface area contributed by atoms with Crippen LogP contribution in [0.1, 0.15) is 38.5 Å². The second-order valence-electron chi connectivity index (χ2n) is 6.08. The van der Waals surface area contributed by atoms with Gasteiger partial charge in [0.15, 0.2) is 0 Å². The number of nitrogens with one attached hydrogen (secondary N) is 1. The van der Waals surface area contributed by atoms with Crippen molar-refractivity contribution in [3.8, 4) is 0 Å². The Labute approximate surface area is 111 Å². The Hall–Kier alpha value is -0.160. The molecule has 2 N–H and O–H groups in total. The van der Waals surface area contributed by atoms with Crippen molar-refractivity contribution in [2.24, 2.45) is 0 Å². The Bertz CT molecular complexity index is 258. The zero-order chi connectivity index (χ0) is 13.0. The molecule has 18 heavy (non-hydrogen) atoms. The lowest BCUT2D eigenvalue weighted by atomic mass is 9.78. The molecule has 0 aromatic rings. The number of aliphatic hydroxyl groups excluding tert-OH is 1. The Kier molecular flexibility index (Phi) is 5.01. The number of hydrogen-bond acceptors (Lipinski definition) is 4. The molecule has 2 saturated carbocycles. The van der Waals surface area contributed by atoms with Crippen molar-refractivity contribution in [3.05, 3.63) is 0 Å². The molecule has 0 bridgehead atoms. The molecule has 2 unspecified atom stereocenters. The highest BCUT2D eigenvalue weighted by molar-refractivity contribution is 5.00. The molecule has 2 atom stereocenters. The van der Waals surface area contributed by atoms with Gasteiger partial charge in [0.25, 0.3) is 0 Å². The van der Waals surface area contributed by atoms with Crippen molar-refractivity contribution in [1.29, 1.82) is 0 Å². The fraction of sp³-hybridized carbons (Fsp3) is 1.00. The molecule has 0 saturated heterocycles. The van der Waals surface area contributed by atoms with Gasteiger partial charge < -0.3 is 20.1 Å². The highest BCUT2D eigenvalue weighted by Crippen LogP contribution is 2.34. The minimum atomic E-state index is -0.0224. The lowest BCUT2D eigenvalue weighted by Gasteiger charge is -2.43. The molecule has 0 spiro atoms. The van der Waals surface area contributed by atoms with Gasteiger partial charge in [-0.05, 0) is 45.6 Å². The van der Waals surface area contributed by atoms with Gasteiger partial charge in [-0.2, -0.15) is 0 Å². The van der Waals surface area contributed by atoms with E-state index in [1.165, 1.54) is 25.7 Å². The molecular formula is C14H28N2O2. The van der Waals surface area contributed by atoms with Crippen LogP contribution in [-0.4, -0.2) is 61.5 Å². The molecule has 2 aliphatic rings. The van der Waals surface area contributed by atoms with Gasteiger partial charge in [0, 0.05) is 31.3 Å². The van der Waals surface area contributed by atoms with Gasteiger partial charge in [-0.15, -0.1) is 0 Å². The summed E-state index contributed by atoms with van der Waals surface area (Å²) in [6.45, 7) is 2.04. The largest absolute Gasteiger partial charge is 0.394 e. The monoisotopic (exact) mass is 256 g/mol. The molecule has 0 radical (unpaired) electrons. The predicted octanol–water partition coefficient (Wildman–Crippen LogP) is 0.990. The molecule has 2 aliphatic carbocycles. The summed E-state index contributed by atoms with van der Waals surface area (Å²) in [6, 6.07) is 1.24. The number of nitrogens with zero attached hydrogens (tertiary/aromatic N) is 1. The molecule has 106 valence electrons. The fourth-order valence-corrected chi connectivity index (χ4v) is 3.11. The summed E-state index contributed by atoms with van der Waals surface area (Å²) in [4.78, 5) is 2.39.